The van der Waals surface area contributed by atoms with Gasteiger partial charge in [-0.15, -0.1) is 0 Å². The Bertz CT molecular complexity index is 601. The first-order valence-corrected chi connectivity index (χ1v) is 8.37. The third-order valence-corrected chi connectivity index (χ3v) is 4.22. The second kappa shape index (κ2) is 7.92. The topological polar surface area (TPSA) is 24.9 Å². The summed E-state index contributed by atoms with van der Waals surface area (Å²) in [6.45, 7) is 5.23. The van der Waals surface area contributed by atoms with Gasteiger partial charge in [-0.2, -0.15) is 0 Å². The first kappa shape index (κ1) is 16.5. The molecule has 1 atom stereocenters. The highest BCUT2D eigenvalue weighted by atomic mass is 79.9. The highest BCUT2D eigenvalue weighted by molar-refractivity contribution is 9.10. The van der Waals surface area contributed by atoms with Crippen LogP contribution in [-0.2, 0) is 6.42 Å². The van der Waals surface area contributed by atoms with E-state index < -0.39 is 0 Å². The molecule has 1 heterocycles. The van der Waals surface area contributed by atoms with E-state index in [1.54, 1.807) is 0 Å². The Balaban J connectivity index is 2.23. The second-order valence-corrected chi connectivity index (χ2v) is 6.53. The van der Waals surface area contributed by atoms with E-state index in [0.717, 1.165) is 40.1 Å². The van der Waals surface area contributed by atoms with Gasteiger partial charge in [0.2, 0.25) is 0 Å². The van der Waals surface area contributed by atoms with E-state index in [1.165, 1.54) is 5.56 Å². The van der Waals surface area contributed by atoms with Gasteiger partial charge >= 0.3 is 0 Å². The van der Waals surface area contributed by atoms with Crippen LogP contribution in [0.4, 0.5) is 0 Å². The summed E-state index contributed by atoms with van der Waals surface area (Å²) in [4.78, 5) is 4.52. The average molecular weight is 368 g/mol. The molecule has 0 spiro atoms. The molecule has 0 saturated heterocycles. The molecule has 0 radical (unpaired) electrons. The van der Waals surface area contributed by atoms with Crippen LogP contribution < -0.4 is 5.32 Å². The molecule has 0 bridgehead atoms. The van der Waals surface area contributed by atoms with Crippen LogP contribution in [0.25, 0.3) is 0 Å². The van der Waals surface area contributed by atoms with Crippen LogP contribution in [0.5, 0.6) is 0 Å². The molecule has 2 rings (SSSR count). The highest BCUT2D eigenvalue weighted by Gasteiger charge is 2.15. The van der Waals surface area contributed by atoms with E-state index >= 15 is 0 Å². The quantitative estimate of drug-likeness (QED) is 0.769. The van der Waals surface area contributed by atoms with Crippen molar-refractivity contribution in [1.29, 1.82) is 0 Å². The van der Waals surface area contributed by atoms with E-state index in [2.05, 4.69) is 52.2 Å². The average Bonchev–Trinajstić information content (AvgIpc) is 2.45. The molecule has 1 unspecified atom stereocenters. The van der Waals surface area contributed by atoms with Crippen molar-refractivity contribution in [1.82, 2.24) is 10.3 Å². The van der Waals surface area contributed by atoms with E-state index in [4.69, 9.17) is 11.6 Å². The van der Waals surface area contributed by atoms with Crippen LogP contribution in [0.1, 0.15) is 36.2 Å². The van der Waals surface area contributed by atoms with Crippen molar-refractivity contribution in [2.24, 2.45) is 0 Å². The molecule has 112 valence electrons. The first-order valence-electron chi connectivity index (χ1n) is 7.20. The van der Waals surface area contributed by atoms with Crippen LogP contribution in [0, 0.1) is 6.92 Å². The normalized spacial score (nSPS) is 12.4. The Labute approximate surface area is 140 Å². The Hall–Kier alpha value is -0.900. The number of hydrogen-bond donors (Lipinski definition) is 1. The summed E-state index contributed by atoms with van der Waals surface area (Å²) in [7, 11) is 0. The molecular weight excluding hydrogens is 348 g/mol. The molecular formula is C17H20BrClN2. The summed E-state index contributed by atoms with van der Waals surface area (Å²) in [6.07, 6.45) is 3.80. The summed E-state index contributed by atoms with van der Waals surface area (Å²) in [6, 6.07) is 10.4. The van der Waals surface area contributed by atoms with Gasteiger partial charge in [0, 0.05) is 15.7 Å². The van der Waals surface area contributed by atoms with Crippen molar-refractivity contribution in [3.05, 3.63) is 62.8 Å². The second-order valence-electron chi connectivity index (χ2n) is 5.20. The van der Waals surface area contributed by atoms with Crippen LogP contribution in [0.15, 0.2) is 41.0 Å². The van der Waals surface area contributed by atoms with Crippen LogP contribution in [0.2, 0.25) is 5.02 Å². The number of pyridine rings is 1. The number of aryl methyl sites for hydroxylation is 1. The van der Waals surface area contributed by atoms with Gasteiger partial charge in [-0.1, -0.05) is 40.5 Å². The zero-order valence-electron chi connectivity index (χ0n) is 12.4. The molecule has 0 aliphatic heterocycles. The van der Waals surface area contributed by atoms with Crippen LogP contribution in [0.3, 0.4) is 0 Å². The molecule has 0 fully saturated rings. The number of hydrogen-bond acceptors (Lipinski definition) is 2. The largest absolute Gasteiger partial charge is 0.308 e. The van der Waals surface area contributed by atoms with Crippen molar-refractivity contribution in [2.75, 3.05) is 6.54 Å². The maximum absolute atomic E-state index is 6.35. The molecule has 21 heavy (non-hydrogen) atoms. The predicted molar refractivity (Wildman–Crippen MR) is 92.9 cm³/mol. The van der Waals surface area contributed by atoms with Gasteiger partial charge < -0.3 is 5.32 Å². The summed E-state index contributed by atoms with van der Waals surface area (Å²) in [5.74, 6) is 0. The van der Waals surface area contributed by atoms with Gasteiger partial charge in [0.05, 0.1) is 11.7 Å². The molecule has 1 N–H and O–H groups in total. The van der Waals surface area contributed by atoms with E-state index in [1.807, 2.05) is 24.4 Å². The number of nitrogens with one attached hydrogen (secondary N) is 1. The maximum atomic E-state index is 6.35. The van der Waals surface area contributed by atoms with Gasteiger partial charge in [-0.3, -0.25) is 4.98 Å². The smallest absolute Gasteiger partial charge is 0.0579 e. The minimum atomic E-state index is 0.184. The summed E-state index contributed by atoms with van der Waals surface area (Å²) >= 11 is 9.79. The lowest BCUT2D eigenvalue weighted by molar-refractivity contribution is 0.517. The number of halogens is 2. The number of benzene rings is 1. The molecule has 0 amide bonds. The fourth-order valence-corrected chi connectivity index (χ4v) is 3.01. The molecule has 4 heteroatoms. The summed E-state index contributed by atoms with van der Waals surface area (Å²) in [5.41, 5.74) is 3.43. The molecule has 2 aromatic rings. The lowest BCUT2D eigenvalue weighted by Gasteiger charge is -2.19. The standard InChI is InChI=1S/C17H20BrClN2/c1-3-7-20-17(16-9-12(2)6-8-21-16)10-13-4-5-14(18)11-15(13)19/h4-6,8-9,11,17,20H,3,7,10H2,1-2H3. The van der Waals surface area contributed by atoms with Crippen molar-refractivity contribution in [2.45, 2.75) is 32.7 Å². The lowest BCUT2D eigenvalue weighted by atomic mass is 10.0. The van der Waals surface area contributed by atoms with E-state index in [-0.39, 0.29) is 6.04 Å². The molecule has 0 saturated carbocycles. The first-order chi connectivity index (χ1) is 10.1. The minimum Gasteiger partial charge on any atom is -0.308 e. The van der Waals surface area contributed by atoms with Gasteiger partial charge in [-0.05, 0) is 61.7 Å². The molecule has 0 aliphatic rings. The van der Waals surface area contributed by atoms with Gasteiger partial charge in [0.15, 0.2) is 0 Å². The molecule has 0 aliphatic carbocycles. The van der Waals surface area contributed by atoms with Crippen molar-refractivity contribution in [3.63, 3.8) is 0 Å². The third-order valence-electron chi connectivity index (χ3n) is 3.37. The van der Waals surface area contributed by atoms with Crippen LogP contribution >= 0.6 is 27.5 Å². The van der Waals surface area contributed by atoms with E-state index in [0.29, 0.717) is 0 Å². The van der Waals surface area contributed by atoms with Crippen molar-refractivity contribution in [3.8, 4) is 0 Å². The zero-order valence-corrected chi connectivity index (χ0v) is 14.7. The van der Waals surface area contributed by atoms with Crippen LogP contribution in [-0.4, -0.2) is 11.5 Å². The Kier molecular flexibility index (Phi) is 6.22. The van der Waals surface area contributed by atoms with E-state index in [9.17, 15) is 0 Å². The van der Waals surface area contributed by atoms with Gasteiger partial charge in [0.1, 0.15) is 0 Å². The lowest BCUT2D eigenvalue weighted by Crippen LogP contribution is -2.25. The fraction of sp³-hybridized carbons (Fsp3) is 0.353. The number of rotatable bonds is 6. The SMILES string of the molecule is CCCNC(Cc1ccc(Br)cc1Cl)c1cc(C)ccn1. The highest BCUT2D eigenvalue weighted by Crippen LogP contribution is 2.26. The molecule has 1 aromatic heterocycles. The monoisotopic (exact) mass is 366 g/mol. The Morgan fingerprint density at radius 1 is 1.29 bits per heavy atom. The number of aromatic nitrogens is 1. The van der Waals surface area contributed by atoms with Crippen molar-refractivity contribution >= 4 is 27.5 Å². The fourth-order valence-electron chi connectivity index (χ4n) is 2.26. The Morgan fingerprint density at radius 3 is 2.76 bits per heavy atom. The van der Waals surface area contributed by atoms with Crippen molar-refractivity contribution < 1.29 is 0 Å². The Morgan fingerprint density at radius 2 is 2.10 bits per heavy atom. The van der Waals surface area contributed by atoms with Gasteiger partial charge in [0.25, 0.3) is 0 Å². The summed E-state index contributed by atoms with van der Waals surface area (Å²) < 4.78 is 1.00. The molecule has 1 aromatic carbocycles. The predicted octanol–water partition coefficient (Wildman–Crippen LogP) is 5.09. The maximum Gasteiger partial charge on any atom is 0.0579 e. The number of nitrogens with zero attached hydrogens (tertiary/aromatic N) is 1. The minimum absolute atomic E-state index is 0.184. The molecule has 2 nitrogen and oxygen atoms in total. The summed E-state index contributed by atoms with van der Waals surface area (Å²) in [5, 5.41) is 4.36. The third kappa shape index (κ3) is 4.80. The van der Waals surface area contributed by atoms with Gasteiger partial charge in [-0.25, -0.2) is 0 Å². The zero-order chi connectivity index (χ0) is 15.2.